The Kier molecular flexibility index (Phi) is 5.44. The highest BCUT2D eigenvalue weighted by atomic mass is 35.5. The van der Waals surface area contributed by atoms with Gasteiger partial charge in [-0.2, -0.15) is 9.97 Å². The molecular weight excluding hydrogens is 478 g/mol. The molecular formula is C26H26ClN7O2. The standard InChI is InChI=1S/C26H26ClN7O2/c1-32-14-29-22-21(24(32)35)23(31-26(28)30-22)33-12-6-11-18(33)19-13-15-7-5-10-17(27)20(15)25(36)34(19)16-8-3-2-4-9-16/h2-5,7-8,10,13,16,18H,6,9,11-12,14H2,1H3,(H3,28,29,30,31)/t16?,18-/m0/s1. The monoisotopic (exact) mass is 503 g/mol. The molecule has 1 unspecified atom stereocenters. The number of aromatic nitrogens is 3. The van der Waals surface area contributed by atoms with Crippen molar-refractivity contribution in [2.24, 2.45) is 0 Å². The lowest BCUT2D eigenvalue weighted by atomic mass is 10.0. The number of hydrogen-bond acceptors (Lipinski definition) is 7. The van der Waals surface area contributed by atoms with E-state index in [0.717, 1.165) is 23.9 Å². The van der Waals surface area contributed by atoms with Gasteiger partial charge in [0.15, 0.2) is 0 Å². The van der Waals surface area contributed by atoms with Gasteiger partial charge < -0.3 is 25.4 Å². The molecule has 184 valence electrons. The summed E-state index contributed by atoms with van der Waals surface area (Å²) in [6.07, 6.45) is 10.4. The van der Waals surface area contributed by atoms with Crippen LogP contribution in [0, 0.1) is 0 Å². The van der Waals surface area contributed by atoms with E-state index in [1.807, 2.05) is 34.9 Å². The van der Waals surface area contributed by atoms with Gasteiger partial charge in [0.2, 0.25) is 5.95 Å². The molecule has 1 aromatic carbocycles. The van der Waals surface area contributed by atoms with Crippen LogP contribution in [0.2, 0.25) is 5.02 Å². The highest BCUT2D eigenvalue weighted by Gasteiger charge is 2.37. The van der Waals surface area contributed by atoms with Gasteiger partial charge >= 0.3 is 0 Å². The number of nitrogen functional groups attached to an aromatic ring is 1. The summed E-state index contributed by atoms with van der Waals surface area (Å²) in [5.41, 5.74) is 7.23. The maximum atomic E-state index is 13.9. The van der Waals surface area contributed by atoms with Crippen molar-refractivity contribution in [3.63, 3.8) is 0 Å². The quantitative estimate of drug-likeness (QED) is 0.558. The number of hydrogen-bond donors (Lipinski definition) is 2. The van der Waals surface area contributed by atoms with Crippen molar-refractivity contribution < 1.29 is 4.79 Å². The Labute approximate surface area is 212 Å². The summed E-state index contributed by atoms with van der Waals surface area (Å²) in [4.78, 5) is 39.6. The molecule has 36 heavy (non-hydrogen) atoms. The van der Waals surface area contributed by atoms with Crippen molar-refractivity contribution >= 4 is 45.9 Å². The van der Waals surface area contributed by atoms with E-state index in [4.69, 9.17) is 17.3 Å². The van der Waals surface area contributed by atoms with E-state index in [0.29, 0.717) is 47.2 Å². The number of nitrogens with one attached hydrogen (secondary N) is 1. The molecule has 3 aromatic rings. The van der Waals surface area contributed by atoms with E-state index in [1.165, 1.54) is 0 Å². The molecule has 6 rings (SSSR count). The molecule has 0 saturated carbocycles. The molecule has 3 aliphatic rings. The van der Waals surface area contributed by atoms with Gasteiger partial charge in [0, 0.05) is 19.3 Å². The van der Waals surface area contributed by atoms with Crippen molar-refractivity contribution in [2.45, 2.75) is 31.3 Å². The van der Waals surface area contributed by atoms with Crippen LogP contribution in [0.3, 0.4) is 0 Å². The number of rotatable bonds is 3. The summed E-state index contributed by atoms with van der Waals surface area (Å²) in [5, 5.41) is 4.91. The second-order valence-corrected chi connectivity index (χ2v) is 9.79. The topological polar surface area (TPSA) is 109 Å². The van der Waals surface area contributed by atoms with Crippen LogP contribution in [-0.4, -0.2) is 45.6 Å². The second kappa shape index (κ2) is 8.67. The van der Waals surface area contributed by atoms with Gasteiger partial charge in [0.1, 0.15) is 17.2 Å². The molecule has 0 bridgehead atoms. The lowest BCUT2D eigenvalue weighted by molar-refractivity contribution is 0.0796. The van der Waals surface area contributed by atoms with E-state index < -0.39 is 0 Å². The molecule has 9 nitrogen and oxygen atoms in total. The number of amides is 1. The number of nitrogens with two attached hydrogens (primary N) is 1. The fraction of sp³-hybridized carbons (Fsp3) is 0.308. The summed E-state index contributed by atoms with van der Waals surface area (Å²) < 4.78 is 1.86. The summed E-state index contributed by atoms with van der Waals surface area (Å²) in [7, 11) is 1.73. The Morgan fingerprint density at radius 1 is 1.19 bits per heavy atom. The number of fused-ring (bicyclic) bond motifs is 2. The number of allylic oxidation sites excluding steroid dienone is 4. The van der Waals surface area contributed by atoms with E-state index in [1.54, 1.807) is 18.0 Å². The number of anilines is 3. The smallest absolute Gasteiger partial charge is 0.262 e. The lowest BCUT2D eigenvalue weighted by Crippen LogP contribution is -2.40. The fourth-order valence-corrected chi connectivity index (χ4v) is 5.76. The Hall–Kier alpha value is -3.85. The average Bonchev–Trinajstić information content (AvgIpc) is 3.36. The van der Waals surface area contributed by atoms with Crippen LogP contribution in [0.15, 0.2) is 53.4 Å². The van der Waals surface area contributed by atoms with Crippen LogP contribution in [-0.2, 0) is 0 Å². The Morgan fingerprint density at radius 3 is 2.86 bits per heavy atom. The third kappa shape index (κ3) is 3.53. The molecule has 0 radical (unpaired) electrons. The SMILES string of the molecule is CN1CNc2nc(N)nc(N3CCC[C@H]3c3cc4cccc(Cl)c4c(=O)n3C3C=CC=CC3)c2C1=O. The first-order valence-corrected chi connectivity index (χ1v) is 12.4. The van der Waals surface area contributed by atoms with Gasteiger partial charge in [-0.05, 0) is 36.8 Å². The summed E-state index contributed by atoms with van der Waals surface area (Å²) in [6, 6.07) is 7.26. The third-order valence-corrected chi connectivity index (χ3v) is 7.48. The molecule has 1 aliphatic carbocycles. The molecule has 2 atom stereocenters. The normalized spacial score (nSPS) is 21.2. The maximum Gasteiger partial charge on any atom is 0.262 e. The van der Waals surface area contributed by atoms with Crippen LogP contribution in [0.25, 0.3) is 10.8 Å². The first-order chi connectivity index (χ1) is 17.4. The largest absolute Gasteiger partial charge is 0.368 e. The first-order valence-electron chi connectivity index (χ1n) is 12.0. The van der Waals surface area contributed by atoms with Gasteiger partial charge in [-0.3, -0.25) is 9.59 Å². The molecule has 1 fully saturated rings. The number of carbonyl (C=O) groups excluding carboxylic acids is 1. The summed E-state index contributed by atoms with van der Waals surface area (Å²) in [6.45, 7) is 1.02. The van der Waals surface area contributed by atoms with Crippen molar-refractivity contribution in [2.75, 3.05) is 36.2 Å². The van der Waals surface area contributed by atoms with E-state index in [2.05, 4.69) is 32.3 Å². The third-order valence-electron chi connectivity index (χ3n) is 7.17. The molecule has 0 spiro atoms. The van der Waals surface area contributed by atoms with E-state index >= 15 is 0 Å². The molecule has 4 heterocycles. The molecule has 10 heteroatoms. The van der Waals surface area contributed by atoms with Gasteiger partial charge in [-0.1, -0.05) is 48.0 Å². The van der Waals surface area contributed by atoms with Gasteiger partial charge in [0.05, 0.1) is 29.2 Å². The van der Waals surface area contributed by atoms with E-state index in [-0.39, 0.29) is 29.5 Å². The number of nitrogens with zero attached hydrogens (tertiary/aromatic N) is 5. The zero-order valence-corrected chi connectivity index (χ0v) is 20.6. The Morgan fingerprint density at radius 2 is 2.06 bits per heavy atom. The number of benzene rings is 1. The summed E-state index contributed by atoms with van der Waals surface area (Å²) >= 11 is 6.50. The highest BCUT2D eigenvalue weighted by molar-refractivity contribution is 6.35. The zero-order chi connectivity index (χ0) is 25.0. The fourth-order valence-electron chi connectivity index (χ4n) is 5.49. The average molecular weight is 504 g/mol. The lowest BCUT2D eigenvalue weighted by Gasteiger charge is -2.34. The molecule has 3 N–H and O–H groups in total. The zero-order valence-electron chi connectivity index (χ0n) is 19.8. The van der Waals surface area contributed by atoms with Crippen LogP contribution in [0.1, 0.15) is 47.4 Å². The molecule has 1 amide bonds. The van der Waals surface area contributed by atoms with Gasteiger partial charge in [0.25, 0.3) is 11.5 Å². The second-order valence-electron chi connectivity index (χ2n) is 9.38. The number of halogens is 1. The Bertz CT molecular complexity index is 1510. The predicted octanol–water partition coefficient (Wildman–Crippen LogP) is 3.88. The molecule has 2 aliphatic heterocycles. The number of pyridine rings is 1. The minimum Gasteiger partial charge on any atom is -0.368 e. The molecule has 1 saturated heterocycles. The van der Waals surface area contributed by atoms with Crippen molar-refractivity contribution in [3.8, 4) is 0 Å². The minimum absolute atomic E-state index is 0.0993. The van der Waals surface area contributed by atoms with E-state index in [9.17, 15) is 9.59 Å². The van der Waals surface area contributed by atoms with Crippen LogP contribution in [0.4, 0.5) is 17.6 Å². The van der Waals surface area contributed by atoms with Crippen molar-refractivity contribution in [1.82, 2.24) is 19.4 Å². The molecule has 2 aromatic heterocycles. The minimum atomic E-state index is -0.182. The van der Waals surface area contributed by atoms with Crippen molar-refractivity contribution in [3.05, 3.63) is 75.2 Å². The highest BCUT2D eigenvalue weighted by Crippen LogP contribution is 2.41. The summed E-state index contributed by atoms with van der Waals surface area (Å²) in [5.74, 6) is 0.873. The maximum absolute atomic E-state index is 13.9. The van der Waals surface area contributed by atoms with Crippen LogP contribution >= 0.6 is 11.6 Å². The number of carbonyl (C=O) groups is 1. The Balaban J connectivity index is 1.56. The van der Waals surface area contributed by atoms with Gasteiger partial charge in [-0.15, -0.1) is 0 Å². The van der Waals surface area contributed by atoms with Crippen LogP contribution in [0.5, 0.6) is 0 Å². The predicted molar refractivity (Wildman–Crippen MR) is 142 cm³/mol. The van der Waals surface area contributed by atoms with Crippen molar-refractivity contribution in [1.29, 1.82) is 0 Å². The first kappa shape index (κ1) is 22.6. The van der Waals surface area contributed by atoms with Gasteiger partial charge in [-0.25, -0.2) is 0 Å². The van der Waals surface area contributed by atoms with Crippen LogP contribution < -0.4 is 21.5 Å².